The van der Waals surface area contributed by atoms with Crippen LogP contribution < -0.4 is 14.5 Å². The van der Waals surface area contributed by atoms with E-state index in [0.29, 0.717) is 17.4 Å². The van der Waals surface area contributed by atoms with Gasteiger partial charge >= 0.3 is 0 Å². The van der Waals surface area contributed by atoms with E-state index >= 15 is 0 Å². The zero-order valence-corrected chi connectivity index (χ0v) is 38.4. The van der Waals surface area contributed by atoms with Crippen LogP contribution in [0.5, 0.6) is 11.5 Å². The molecule has 0 aliphatic carbocycles. The molecule has 2 aromatic heterocycles. The summed E-state index contributed by atoms with van der Waals surface area (Å²) in [7, 11) is 0. The van der Waals surface area contributed by atoms with Gasteiger partial charge in [0.2, 0.25) is 0 Å². The maximum Gasteiger partial charge on any atom is 0.136 e. The maximum atomic E-state index is 6.77. The second kappa shape index (κ2) is 16.5. The summed E-state index contributed by atoms with van der Waals surface area (Å²) in [6.45, 7) is 20.3. The molecule has 3 heterocycles. The number of ether oxygens (including phenoxy) is 1. The molecule has 1 aliphatic rings. The topological polar surface area (TPSA) is 33.5 Å². The van der Waals surface area contributed by atoms with E-state index in [9.17, 15) is 0 Å². The van der Waals surface area contributed by atoms with Crippen molar-refractivity contribution in [2.45, 2.75) is 72.1 Å². The van der Waals surface area contributed by atoms with E-state index in [1.54, 1.807) is 0 Å². The van der Waals surface area contributed by atoms with Crippen LogP contribution in [0.3, 0.4) is 0 Å². The fourth-order valence-electron chi connectivity index (χ4n) is 8.06. The van der Waals surface area contributed by atoms with Crippen LogP contribution in [0.25, 0.3) is 49.9 Å². The van der Waals surface area contributed by atoms with Crippen molar-refractivity contribution in [1.29, 1.82) is 0 Å². The average molecular weight is 979 g/mol. The Balaban J connectivity index is 0.00000514. The van der Waals surface area contributed by atoms with Crippen molar-refractivity contribution >= 4 is 33.2 Å². The van der Waals surface area contributed by atoms with Gasteiger partial charge in [-0.1, -0.05) is 140 Å². The third-order valence-corrected chi connectivity index (χ3v) is 11.4. The molecule has 0 spiro atoms. The molecule has 0 saturated heterocycles. The van der Waals surface area contributed by atoms with Crippen molar-refractivity contribution in [2.24, 2.45) is 0 Å². The number of pyridine rings is 1. The quantitative estimate of drug-likeness (QED) is 0.142. The van der Waals surface area contributed by atoms with Crippen molar-refractivity contribution < 1.29 is 25.8 Å². The number of para-hydroxylation sites is 1. The summed E-state index contributed by atoms with van der Waals surface area (Å²) in [5.74, 6) is 2.41. The molecule has 0 unspecified atom stereocenters. The van der Waals surface area contributed by atoms with Crippen LogP contribution in [-0.2, 0) is 31.9 Å². The molecule has 1 aliphatic heterocycles. The van der Waals surface area contributed by atoms with E-state index in [0.717, 1.165) is 55.7 Å². The molecule has 5 nitrogen and oxygen atoms in total. The van der Waals surface area contributed by atoms with E-state index in [-0.39, 0.29) is 31.9 Å². The molecule has 8 aromatic rings. The van der Waals surface area contributed by atoms with Crippen LogP contribution in [0.15, 0.2) is 152 Å². The van der Waals surface area contributed by atoms with Crippen LogP contribution in [0, 0.1) is 18.8 Å². The van der Waals surface area contributed by atoms with Crippen molar-refractivity contribution in [3.63, 3.8) is 0 Å². The maximum absolute atomic E-state index is 6.77. The monoisotopic (exact) mass is 978 g/mol. The van der Waals surface area contributed by atoms with E-state index in [1.165, 1.54) is 22.3 Å². The van der Waals surface area contributed by atoms with Crippen molar-refractivity contribution in [1.82, 2.24) is 9.55 Å². The van der Waals surface area contributed by atoms with Crippen LogP contribution in [0.4, 0.5) is 11.4 Å². The number of anilines is 2. The van der Waals surface area contributed by atoms with Crippen LogP contribution in [0.1, 0.15) is 78.0 Å². The third kappa shape index (κ3) is 8.41. The van der Waals surface area contributed by atoms with Crippen LogP contribution >= 0.6 is 0 Å². The first-order chi connectivity index (χ1) is 28.8. The molecule has 0 saturated carbocycles. The molecule has 0 amide bonds. The second-order valence-electron chi connectivity index (χ2n) is 18.2. The Labute approximate surface area is 375 Å². The minimum Gasteiger partial charge on any atom is -0.509 e. The fraction of sp³-hybridized carbons (Fsp3) is 0.200. The Morgan fingerprint density at radius 2 is 1.30 bits per heavy atom. The summed E-state index contributed by atoms with van der Waals surface area (Å²) in [6, 6.07) is 54.4. The molecule has 310 valence electrons. The summed E-state index contributed by atoms with van der Waals surface area (Å²) in [5, 5.41) is 2.21. The molecule has 0 bridgehead atoms. The summed E-state index contributed by atoms with van der Waals surface area (Å²) >= 11 is 0. The molecular formula is C55H51N4OPt-3. The van der Waals surface area contributed by atoms with Gasteiger partial charge in [0.15, 0.2) is 0 Å². The van der Waals surface area contributed by atoms with Crippen LogP contribution in [0.2, 0.25) is 0 Å². The predicted molar refractivity (Wildman–Crippen MR) is 250 cm³/mol. The van der Waals surface area contributed by atoms with Gasteiger partial charge in [-0.25, -0.2) is 4.98 Å². The van der Waals surface area contributed by atoms with Crippen molar-refractivity contribution in [3.8, 4) is 39.6 Å². The predicted octanol–water partition coefficient (Wildman–Crippen LogP) is 14.5. The van der Waals surface area contributed by atoms with Gasteiger partial charge in [-0.05, 0) is 98.2 Å². The number of rotatable bonds is 8. The van der Waals surface area contributed by atoms with Crippen molar-refractivity contribution in [2.75, 3.05) is 9.80 Å². The molecular weight excluding hydrogens is 928 g/mol. The number of benzene rings is 6. The fourth-order valence-corrected chi connectivity index (χ4v) is 8.06. The molecule has 6 aromatic carbocycles. The summed E-state index contributed by atoms with van der Waals surface area (Å²) in [6.07, 6.45) is 6.11. The minimum atomic E-state index is 0. The van der Waals surface area contributed by atoms with Gasteiger partial charge in [0.05, 0.1) is 0 Å². The molecule has 0 radical (unpaired) electrons. The van der Waals surface area contributed by atoms with Gasteiger partial charge < -0.3 is 19.1 Å². The second-order valence-corrected chi connectivity index (χ2v) is 18.2. The first-order valence-electron chi connectivity index (χ1n) is 20.9. The summed E-state index contributed by atoms with van der Waals surface area (Å²) in [5.41, 5.74) is 12.4. The first-order valence-corrected chi connectivity index (χ1v) is 20.9. The largest absolute Gasteiger partial charge is 0.509 e. The Bertz CT molecular complexity index is 2860. The first kappa shape index (κ1) is 41.8. The smallest absolute Gasteiger partial charge is 0.136 e. The zero-order valence-electron chi connectivity index (χ0n) is 36.1. The standard InChI is InChI=1S/C55H51N4O.Pt/c1-37(2)47-18-12-13-19-48(47)39-24-25-56-53(30-39)59-51-21-15-14-20-49(51)50-23-22-45(35-52(50)59)60-46-29-40(38-16-10-9-11-17-38)28-43(34-46)57-26-27-58(36-57)44-32-41(54(3,4)5)31-42(33-44)55(6,7)8;/h9-33,36-37H,1-8H3;/q-3;. The zero-order chi connectivity index (χ0) is 41.8. The molecule has 0 N–H and O–H groups in total. The van der Waals surface area contributed by atoms with Crippen LogP contribution in [-0.4, -0.2) is 9.55 Å². The van der Waals surface area contributed by atoms with E-state index in [1.807, 2.05) is 18.3 Å². The van der Waals surface area contributed by atoms with E-state index < -0.39 is 0 Å². The Morgan fingerprint density at radius 1 is 0.607 bits per heavy atom. The minimum absolute atomic E-state index is 0. The molecule has 61 heavy (non-hydrogen) atoms. The molecule has 6 heteroatoms. The van der Waals surface area contributed by atoms with E-state index in [2.05, 4.69) is 222 Å². The van der Waals surface area contributed by atoms with Gasteiger partial charge in [0.1, 0.15) is 5.82 Å². The van der Waals surface area contributed by atoms with E-state index in [4.69, 9.17) is 9.72 Å². The normalized spacial score (nSPS) is 13.1. The van der Waals surface area contributed by atoms with Gasteiger partial charge in [0.25, 0.3) is 0 Å². The number of hydrogen-bond acceptors (Lipinski definition) is 4. The third-order valence-electron chi connectivity index (χ3n) is 11.4. The van der Waals surface area contributed by atoms with Crippen molar-refractivity contribution in [3.05, 3.63) is 188 Å². The Hall–Kier alpha value is -5.90. The number of fused-ring (bicyclic) bond motifs is 3. The molecule has 9 rings (SSSR count). The average Bonchev–Trinajstić information content (AvgIpc) is 3.87. The van der Waals surface area contributed by atoms with Gasteiger partial charge in [-0.2, -0.15) is 6.07 Å². The number of hydrogen-bond donors (Lipinski definition) is 0. The summed E-state index contributed by atoms with van der Waals surface area (Å²) in [4.78, 5) is 9.24. The van der Waals surface area contributed by atoms with Gasteiger partial charge in [-0.3, -0.25) is 0 Å². The molecule has 0 fully saturated rings. The van der Waals surface area contributed by atoms with Gasteiger partial charge in [0, 0.05) is 50.0 Å². The Morgan fingerprint density at radius 3 is 2.03 bits per heavy atom. The number of nitrogens with zero attached hydrogens (tertiary/aromatic N) is 4. The number of aromatic nitrogens is 2. The SMILES string of the molecule is CC(C)c1ccccc1-c1ccnc(-n2c3[c-]c(Oc4[c-]c(N5C=CN(c6cc(C(C)(C)C)cc(C(C)(C)C)c6)[CH-]5)cc(-c5ccccc5)c4)ccc3c3ccccc32)c1.[Pt]. The molecule has 0 atom stereocenters. The summed E-state index contributed by atoms with van der Waals surface area (Å²) < 4.78 is 8.97. The van der Waals surface area contributed by atoms with Gasteiger partial charge in [-0.15, -0.1) is 53.6 Å². The Kier molecular flexibility index (Phi) is 11.3.